The molecular formula is C14H12F4N2. The van der Waals surface area contributed by atoms with E-state index in [9.17, 15) is 17.6 Å². The molecular weight excluding hydrogens is 272 g/mol. The van der Waals surface area contributed by atoms with Crippen LogP contribution in [0.25, 0.3) is 0 Å². The minimum Gasteiger partial charge on any atom is -0.305 e. The quantitative estimate of drug-likeness (QED) is 0.688. The average molecular weight is 284 g/mol. The molecule has 1 aromatic heterocycles. The van der Waals surface area contributed by atoms with Crippen molar-refractivity contribution < 1.29 is 17.6 Å². The third-order valence-corrected chi connectivity index (χ3v) is 2.84. The molecule has 20 heavy (non-hydrogen) atoms. The fourth-order valence-electron chi connectivity index (χ4n) is 1.93. The van der Waals surface area contributed by atoms with Crippen LogP contribution in [0, 0.1) is 23.3 Å². The molecule has 0 radical (unpaired) electrons. The summed E-state index contributed by atoms with van der Waals surface area (Å²) in [7, 11) is 0. The molecule has 6 heteroatoms. The molecule has 2 nitrogen and oxygen atoms in total. The predicted molar refractivity (Wildman–Crippen MR) is 66.0 cm³/mol. The van der Waals surface area contributed by atoms with Crippen molar-refractivity contribution in [3.05, 3.63) is 65.0 Å². The van der Waals surface area contributed by atoms with E-state index in [4.69, 9.17) is 0 Å². The van der Waals surface area contributed by atoms with Gasteiger partial charge in [-0.05, 0) is 24.7 Å². The molecule has 2 rings (SSSR count). The number of rotatable bonds is 4. The molecule has 1 unspecified atom stereocenters. The van der Waals surface area contributed by atoms with E-state index in [0.717, 1.165) is 12.1 Å². The van der Waals surface area contributed by atoms with Crippen LogP contribution in [0.15, 0.2) is 30.5 Å². The van der Waals surface area contributed by atoms with E-state index in [2.05, 4.69) is 10.3 Å². The van der Waals surface area contributed by atoms with Crippen LogP contribution in [0.2, 0.25) is 0 Å². The second-order valence-electron chi connectivity index (χ2n) is 4.13. The maximum Gasteiger partial charge on any atom is 0.194 e. The van der Waals surface area contributed by atoms with Crippen molar-refractivity contribution in [2.45, 2.75) is 13.0 Å². The zero-order valence-electron chi connectivity index (χ0n) is 10.6. The highest BCUT2D eigenvalue weighted by Gasteiger charge is 2.24. The Kier molecular flexibility index (Phi) is 4.34. The Morgan fingerprint density at radius 2 is 1.80 bits per heavy atom. The number of hydrogen-bond donors (Lipinski definition) is 1. The molecule has 1 atom stereocenters. The summed E-state index contributed by atoms with van der Waals surface area (Å²) in [6.07, 6.45) is 1.35. The zero-order chi connectivity index (χ0) is 14.7. The molecule has 0 amide bonds. The third-order valence-electron chi connectivity index (χ3n) is 2.84. The molecule has 0 saturated carbocycles. The van der Waals surface area contributed by atoms with E-state index in [1.54, 1.807) is 6.92 Å². The topological polar surface area (TPSA) is 24.9 Å². The molecule has 0 aliphatic carbocycles. The summed E-state index contributed by atoms with van der Waals surface area (Å²) in [5.41, 5.74) is -0.261. The van der Waals surface area contributed by atoms with Gasteiger partial charge in [-0.2, -0.15) is 0 Å². The van der Waals surface area contributed by atoms with Crippen molar-refractivity contribution in [2.24, 2.45) is 0 Å². The molecule has 0 aliphatic heterocycles. The monoisotopic (exact) mass is 284 g/mol. The first-order valence-electron chi connectivity index (χ1n) is 6.03. The molecule has 0 bridgehead atoms. The molecule has 1 aromatic carbocycles. The Hall–Kier alpha value is -1.95. The minimum atomic E-state index is -1.58. The minimum absolute atomic E-state index is 0.0701. The van der Waals surface area contributed by atoms with E-state index in [1.165, 1.54) is 18.3 Å². The van der Waals surface area contributed by atoms with Crippen LogP contribution in [0.4, 0.5) is 17.6 Å². The summed E-state index contributed by atoms with van der Waals surface area (Å²) < 4.78 is 53.9. The van der Waals surface area contributed by atoms with Gasteiger partial charge in [0, 0.05) is 11.8 Å². The van der Waals surface area contributed by atoms with Crippen molar-refractivity contribution in [3.63, 3.8) is 0 Å². The molecule has 106 valence electrons. The number of nitrogens with one attached hydrogen (secondary N) is 1. The van der Waals surface area contributed by atoms with Gasteiger partial charge in [0.1, 0.15) is 5.82 Å². The Balaban J connectivity index is 2.55. The van der Waals surface area contributed by atoms with Crippen molar-refractivity contribution in [2.75, 3.05) is 6.54 Å². The van der Waals surface area contributed by atoms with Crippen molar-refractivity contribution in [1.29, 1.82) is 0 Å². The molecule has 0 spiro atoms. The number of nitrogens with zero attached hydrogens (tertiary/aromatic N) is 1. The molecule has 0 fully saturated rings. The summed E-state index contributed by atoms with van der Waals surface area (Å²) in [5, 5.41) is 2.81. The molecule has 0 aliphatic rings. The lowest BCUT2D eigenvalue weighted by Gasteiger charge is -2.19. The lowest BCUT2D eigenvalue weighted by molar-refractivity contribution is 0.430. The van der Waals surface area contributed by atoms with E-state index in [0.29, 0.717) is 6.54 Å². The van der Waals surface area contributed by atoms with Crippen LogP contribution in [-0.2, 0) is 0 Å². The van der Waals surface area contributed by atoms with E-state index >= 15 is 0 Å². The molecule has 0 saturated heterocycles. The van der Waals surface area contributed by atoms with Crippen LogP contribution >= 0.6 is 0 Å². The summed E-state index contributed by atoms with van der Waals surface area (Å²) in [4.78, 5) is 3.85. The lowest BCUT2D eigenvalue weighted by atomic mass is 10.0. The van der Waals surface area contributed by atoms with Crippen molar-refractivity contribution in [3.8, 4) is 0 Å². The predicted octanol–water partition coefficient (Wildman–Crippen LogP) is 3.34. The normalized spacial score (nSPS) is 12.4. The Morgan fingerprint density at radius 1 is 1.05 bits per heavy atom. The highest BCUT2D eigenvalue weighted by molar-refractivity contribution is 5.31. The van der Waals surface area contributed by atoms with Crippen LogP contribution < -0.4 is 5.32 Å². The lowest BCUT2D eigenvalue weighted by Crippen LogP contribution is -2.25. The van der Waals surface area contributed by atoms with Gasteiger partial charge in [0.2, 0.25) is 0 Å². The number of benzene rings is 1. The summed E-state index contributed by atoms with van der Waals surface area (Å²) in [6, 6.07) is 3.46. The van der Waals surface area contributed by atoms with Crippen LogP contribution in [0.5, 0.6) is 0 Å². The Morgan fingerprint density at radius 3 is 2.45 bits per heavy atom. The SMILES string of the molecule is CCNC(c1ccc(F)c(F)c1F)c1ncccc1F. The smallest absolute Gasteiger partial charge is 0.194 e. The van der Waals surface area contributed by atoms with Gasteiger partial charge in [0.05, 0.1) is 11.7 Å². The molecule has 2 aromatic rings. The van der Waals surface area contributed by atoms with Crippen LogP contribution in [0.3, 0.4) is 0 Å². The van der Waals surface area contributed by atoms with Crippen LogP contribution in [-0.4, -0.2) is 11.5 Å². The summed E-state index contributed by atoms with van der Waals surface area (Å²) in [6.45, 7) is 2.10. The zero-order valence-corrected chi connectivity index (χ0v) is 10.6. The van der Waals surface area contributed by atoms with Gasteiger partial charge < -0.3 is 5.32 Å². The standard InChI is InChI=1S/C14H12F4N2/c1-2-19-13(14-10(16)4-3-7-20-14)8-5-6-9(15)12(18)11(8)17/h3-7,13,19H,2H2,1H3. The van der Waals surface area contributed by atoms with Gasteiger partial charge in [0.25, 0.3) is 0 Å². The number of aromatic nitrogens is 1. The fraction of sp³-hybridized carbons (Fsp3) is 0.214. The van der Waals surface area contributed by atoms with E-state index in [-0.39, 0.29) is 11.3 Å². The largest absolute Gasteiger partial charge is 0.305 e. The van der Waals surface area contributed by atoms with Gasteiger partial charge in [0.15, 0.2) is 17.5 Å². The number of halogens is 4. The highest BCUT2D eigenvalue weighted by Crippen LogP contribution is 2.27. The fourth-order valence-corrected chi connectivity index (χ4v) is 1.93. The van der Waals surface area contributed by atoms with Gasteiger partial charge >= 0.3 is 0 Å². The number of pyridine rings is 1. The summed E-state index contributed by atoms with van der Waals surface area (Å²) in [5.74, 6) is -4.87. The van der Waals surface area contributed by atoms with Crippen LogP contribution in [0.1, 0.15) is 24.2 Å². The first-order valence-corrected chi connectivity index (χ1v) is 6.03. The Labute approximate surface area is 113 Å². The molecule has 1 heterocycles. The second-order valence-corrected chi connectivity index (χ2v) is 4.13. The highest BCUT2D eigenvalue weighted by atomic mass is 19.2. The van der Waals surface area contributed by atoms with E-state index in [1.807, 2.05) is 0 Å². The number of hydrogen-bond acceptors (Lipinski definition) is 2. The first kappa shape index (κ1) is 14.5. The average Bonchev–Trinajstić information content (AvgIpc) is 2.44. The van der Waals surface area contributed by atoms with Gasteiger partial charge in [-0.3, -0.25) is 4.98 Å². The Bertz CT molecular complexity index is 616. The maximum absolute atomic E-state index is 13.8. The summed E-state index contributed by atoms with van der Waals surface area (Å²) >= 11 is 0. The maximum atomic E-state index is 13.8. The van der Waals surface area contributed by atoms with Crippen molar-refractivity contribution in [1.82, 2.24) is 10.3 Å². The van der Waals surface area contributed by atoms with Gasteiger partial charge in [-0.15, -0.1) is 0 Å². The van der Waals surface area contributed by atoms with Gasteiger partial charge in [-0.25, -0.2) is 17.6 Å². The van der Waals surface area contributed by atoms with Gasteiger partial charge in [-0.1, -0.05) is 13.0 Å². The van der Waals surface area contributed by atoms with Crippen molar-refractivity contribution >= 4 is 0 Å². The second kappa shape index (κ2) is 6.00. The molecule has 1 N–H and O–H groups in total. The third kappa shape index (κ3) is 2.65. The first-order chi connectivity index (χ1) is 9.56. The van der Waals surface area contributed by atoms with E-state index < -0.39 is 29.3 Å².